The van der Waals surface area contributed by atoms with Gasteiger partial charge in [-0.25, -0.2) is 9.50 Å². The summed E-state index contributed by atoms with van der Waals surface area (Å²) in [6, 6.07) is 6.44. The third-order valence-corrected chi connectivity index (χ3v) is 4.31. The molecular formula is C19H20N6O4. The molecule has 0 aliphatic carbocycles. The standard InChI is InChI=1S/C19H20N6O4/c1-11-15(12(2)25-19(23-11)21-10-22-25)8-17(27)29-9-16(26)24-14-6-4-5-13(7-14)18(28)20-3/h4-7,10H,8-9H2,1-3H3,(H,20,28)(H,24,26). The highest BCUT2D eigenvalue weighted by atomic mass is 16.5. The Morgan fingerprint density at radius 3 is 2.76 bits per heavy atom. The van der Waals surface area contributed by atoms with Crippen LogP contribution in [0.5, 0.6) is 0 Å². The van der Waals surface area contributed by atoms with E-state index in [2.05, 4.69) is 25.7 Å². The van der Waals surface area contributed by atoms with Crippen LogP contribution in [-0.4, -0.2) is 51.0 Å². The molecule has 0 saturated heterocycles. The highest BCUT2D eigenvalue weighted by Crippen LogP contribution is 2.14. The van der Waals surface area contributed by atoms with Gasteiger partial charge >= 0.3 is 5.97 Å². The van der Waals surface area contributed by atoms with E-state index in [0.29, 0.717) is 28.3 Å². The summed E-state index contributed by atoms with van der Waals surface area (Å²) < 4.78 is 6.62. The van der Waals surface area contributed by atoms with Crippen molar-refractivity contribution in [1.29, 1.82) is 0 Å². The molecule has 0 radical (unpaired) electrons. The number of carbonyl (C=O) groups excluding carboxylic acids is 3. The third kappa shape index (κ3) is 4.54. The van der Waals surface area contributed by atoms with Crippen molar-refractivity contribution in [2.45, 2.75) is 20.3 Å². The van der Waals surface area contributed by atoms with E-state index in [0.717, 1.165) is 5.69 Å². The van der Waals surface area contributed by atoms with Crippen LogP contribution in [0.25, 0.3) is 5.78 Å². The number of esters is 1. The van der Waals surface area contributed by atoms with E-state index in [1.165, 1.54) is 19.4 Å². The molecule has 0 bridgehead atoms. The number of carbonyl (C=O) groups is 3. The maximum atomic E-state index is 12.2. The summed E-state index contributed by atoms with van der Waals surface area (Å²) in [5.41, 5.74) is 2.89. The van der Waals surface area contributed by atoms with Crippen molar-refractivity contribution in [2.24, 2.45) is 0 Å². The van der Waals surface area contributed by atoms with Crippen molar-refractivity contribution in [3.05, 3.63) is 53.1 Å². The van der Waals surface area contributed by atoms with Crippen LogP contribution >= 0.6 is 0 Å². The summed E-state index contributed by atoms with van der Waals surface area (Å²) in [7, 11) is 1.52. The fourth-order valence-corrected chi connectivity index (χ4v) is 2.83. The van der Waals surface area contributed by atoms with Gasteiger partial charge < -0.3 is 15.4 Å². The van der Waals surface area contributed by atoms with Gasteiger partial charge in [-0.05, 0) is 32.0 Å². The van der Waals surface area contributed by atoms with Crippen LogP contribution in [0.2, 0.25) is 0 Å². The summed E-state index contributed by atoms with van der Waals surface area (Å²) in [4.78, 5) is 44.3. The van der Waals surface area contributed by atoms with Crippen molar-refractivity contribution in [2.75, 3.05) is 19.0 Å². The van der Waals surface area contributed by atoms with Gasteiger partial charge in [0, 0.05) is 35.2 Å². The van der Waals surface area contributed by atoms with E-state index in [1.54, 1.807) is 29.6 Å². The number of benzene rings is 1. The Hall–Kier alpha value is -3.82. The maximum Gasteiger partial charge on any atom is 0.310 e. The third-order valence-electron chi connectivity index (χ3n) is 4.31. The van der Waals surface area contributed by atoms with Gasteiger partial charge in [0.05, 0.1) is 6.42 Å². The van der Waals surface area contributed by atoms with E-state index < -0.39 is 18.5 Å². The Labute approximate surface area is 166 Å². The first kappa shape index (κ1) is 19.9. The van der Waals surface area contributed by atoms with Gasteiger partial charge in [-0.3, -0.25) is 14.4 Å². The molecule has 1 aromatic carbocycles. The lowest BCUT2D eigenvalue weighted by Gasteiger charge is -2.11. The van der Waals surface area contributed by atoms with Crippen LogP contribution in [0.15, 0.2) is 30.6 Å². The molecule has 3 rings (SSSR count). The summed E-state index contributed by atoms with van der Waals surface area (Å²) in [6.07, 6.45) is 1.35. The number of nitrogens with zero attached hydrogens (tertiary/aromatic N) is 4. The lowest BCUT2D eigenvalue weighted by molar-refractivity contribution is -0.146. The van der Waals surface area contributed by atoms with Crippen LogP contribution in [0.4, 0.5) is 5.69 Å². The minimum Gasteiger partial charge on any atom is -0.455 e. The second-order valence-corrected chi connectivity index (χ2v) is 6.28. The van der Waals surface area contributed by atoms with Crippen molar-refractivity contribution >= 4 is 29.2 Å². The predicted octanol–water partition coefficient (Wildman–Crippen LogP) is 0.825. The molecular weight excluding hydrogens is 376 g/mol. The molecule has 0 fully saturated rings. The molecule has 0 saturated carbocycles. The van der Waals surface area contributed by atoms with Crippen LogP contribution in [0.1, 0.15) is 27.3 Å². The van der Waals surface area contributed by atoms with Crippen molar-refractivity contribution in [3.8, 4) is 0 Å². The Morgan fingerprint density at radius 2 is 2.00 bits per heavy atom. The minimum atomic E-state index is -0.563. The highest BCUT2D eigenvalue weighted by Gasteiger charge is 2.16. The van der Waals surface area contributed by atoms with Gasteiger partial charge in [0.25, 0.3) is 17.6 Å². The van der Waals surface area contributed by atoms with Crippen LogP contribution in [0, 0.1) is 13.8 Å². The average molecular weight is 396 g/mol. The summed E-state index contributed by atoms with van der Waals surface area (Å²) in [5.74, 6) is -0.885. The van der Waals surface area contributed by atoms with Gasteiger partial charge in [-0.2, -0.15) is 10.1 Å². The predicted molar refractivity (Wildman–Crippen MR) is 103 cm³/mol. The summed E-state index contributed by atoms with van der Waals surface area (Å²) in [5, 5.41) is 9.17. The molecule has 3 aromatic rings. The van der Waals surface area contributed by atoms with E-state index in [-0.39, 0.29) is 12.3 Å². The molecule has 0 aliphatic heterocycles. The van der Waals surface area contributed by atoms with Gasteiger partial charge in [-0.15, -0.1) is 0 Å². The van der Waals surface area contributed by atoms with Crippen LogP contribution < -0.4 is 10.6 Å². The normalized spacial score (nSPS) is 10.6. The van der Waals surface area contributed by atoms with Gasteiger partial charge in [-0.1, -0.05) is 6.07 Å². The molecule has 150 valence electrons. The first-order chi connectivity index (χ1) is 13.9. The number of hydrogen-bond donors (Lipinski definition) is 2. The van der Waals surface area contributed by atoms with Crippen molar-refractivity contribution < 1.29 is 19.1 Å². The first-order valence-corrected chi connectivity index (χ1v) is 8.82. The van der Waals surface area contributed by atoms with Gasteiger partial charge in [0.2, 0.25) is 0 Å². The van der Waals surface area contributed by atoms with Crippen molar-refractivity contribution in [1.82, 2.24) is 24.9 Å². The minimum absolute atomic E-state index is 0.0418. The number of hydrogen-bond acceptors (Lipinski definition) is 7. The zero-order chi connectivity index (χ0) is 21.0. The average Bonchev–Trinajstić information content (AvgIpc) is 3.17. The van der Waals surface area contributed by atoms with Crippen LogP contribution in [-0.2, 0) is 20.7 Å². The Kier molecular flexibility index (Phi) is 5.82. The molecule has 10 heteroatoms. The molecule has 0 unspecified atom stereocenters. The lowest BCUT2D eigenvalue weighted by atomic mass is 10.1. The number of anilines is 1. The zero-order valence-corrected chi connectivity index (χ0v) is 16.2. The molecule has 0 aliphatic rings. The smallest absolute Gasteiger partial charge is 0.310 e. The summed E-state index contributed by atoms with van der Waals surface area (Å²) >= 11 is 0. The number of aromatic nitrogens is 4. The van der Waals surface area contributed by atoms with Gasteiger partial charge in [0.15, 0.2) is 6.61 Å². The molecule has 0 spiro atoms. The number of nitrogens with one attached hydrogen (secondary N) is 2. The SMILES string of the molecule is CNC(=O)c1cccc(NC(=O)COC(=O)Cc2c(C)nc3ncnn3c2C)c1. The topological polar surface area (TPSA) is 128 Å². The van der Waals surface area contributed by atoms with E-state index in [4.69, 9.17) is 4.74 Å². The molecule has 2 N–H and O–H groups in total. The second kappa shape index (κ2) is 8.46. The number of rotatable bonds is 6. The fraction of sp³-hybridized carbons (Fsp3) is 0.263. The molecule has 0 atom stereocenters. The van der Waals surface area contributed by atoms with Crippen molar-refractivity contribution in [3.63, 3.8) is 0 Å². The largest absolute Gasteiger partial charge is 0.455 e. The maximum absolute atomic E-state index is 12.2. The first-order valence-electron chi connectivity index (χ1n) is 8.82. The number of ether oxygens (including phenoxy) is 1. The lowest BCUT2D eigenvalue weighted by Crippen LogP contribution is -2.23. The molecule has 2 aromatic heterocycles. The molecule has 29 heavy (non-hydrogen) atoms. The van der Waals surface area contributed by atoms with Crippen LogP contribution in [0.3, 0.4) is 0 Å². The highest BCUT2D eigenvalue weighted by molar-refractivity contribution is 5.97. The molecule has 2 amide bonds. The monoisotopic (exact) mass is 396 g/mol. The number of amides is 2. The Balaban J connectivity index is 1.58. The number of fused-ring (bicyclic) bond motifs is 1. The molecule has 2 heterocycles. The number of aryl methyl sites for hydroxylation is 2. The Bertz CT molecular complexity index is 1090. The van der Waals surface area contributed by atoms with E-state index >= 15 is 0 Å². The van der Waals surface area contributed by atoms with E-state index in [9.17, 15) is 14.4 Å². The molecule has 10 nitrogen and oxygen atoms in total. The zero-order valence-electron chi connectivity index (χ0n) is 16.2. The quantitative estimate of drug-likeness (QED) is 0.591. The fourth-order valence-electron chi connectivity index (χ4n) is 2.83. The van der Waals surface area contributed by atoms with E-state index in [1.807, 2.05) is 6.92 Å². The van der Waals surface area contributed by atoms with Gasteiger partial charge in [0.1, 0.15) is 6.33 Å². The second-order valence-electron chi connectivity index (χ2n) is 6.28. The Morgan fingerprint density at radius 1 is 1.21 bits per heavy atom. The summed E-state index contributed by atoms with van der Waals surface area (Å²) in [6.45, 7) is 3.14.